The Hall–Kier alpha value is -1.88. The number of pyridine rings is 1. The molecule has 0 aliphatic carbocycles. The van der Waals surface area contributed by atoms with E-state index < -0.39 is 10.0 Å². The van der Waals surface area contributed by atoms with E-state index in [0.29, 0.717) is 5.52 Å². The predicted molar refractivity (Wildman–Crippen MR) is 66.9 cm³/mol. The van der Waals surface area contributed by atoms with E-state index in [1.165, 1.54) is 13.2 Å². The first-order valence-corrected chi connectivity index (χ1v) is 6.45. The molecule has 1 aromatic carbocycles. The van der Waals surface area contributed by atoms with Crippen LogP contribution in [0.25, 0.3) is 10.9 Å². The molecule has 0 radical (unpaired) electrons. The Morgan fingerprint density at radius 2 is 2.00 bits per heavy atom. The van der Waals surface area contributed by atoms with Crippen molar-refractivity contribution in [1.82, 2.24) is 9.29 Å². The van der Waals surface area contributed by atoms with Crippen LogP contribution in [0.4, 0.5) is 0 Å². The monoisotopic (exact) mass is 248 g/mol. The highest BCUT2D eigenvalue weighted by Gasteiger charge is 2.20. The number of benzene rings is 1. The molecular weight excluding hydrogens is 236 g/mol. The lowest BCUT2D eigenvalue weighted by Crippen LogP contribution is -2.21. The second-order valence-electron chi connectivity index (χ2n) is 3.54. The summed E-state index contributed by atoms with van der Waals surface area (Å²) in [4.78, 5) is 4.32. The number of para-hydroxylation sites is 1. The van der Waals surface area contributed by atoms with Crippen LogP contribution in [0.1, 0.15) is 0 Å². The molecule has 2 aromatic rings. The topological polar surface area (TPSA) is 50.3 Å². The average molecular weight is 248 g/mol. The van der Waals surface area contributed by atoms with Gasteiger partial charge in [0.2, 0.25) is 0 Å². The van der Waals surface area contributed by atoms with Crippen LogP contribution in [-0.4, -0.2) is 24.8 Å². The third kappa shape index (κ3) is 1.89. The minimum Gasteiger partial charge on any atom is -0.277 e. The van der Waals surface area contributed by atoms with Crippen molar-refractivity contribution in [3.05, 3.63) is 49.3 Å². The molecule has 1 aromatic heterocycles. The summed E-state index contributed by atoms with van der Waals surface area (Å²) in [5.74, 6) is 0. The van der Waals surface area contributed by atoms with Gasteiger partial charge in [-0.1, -0.05) is 24.8 Å². The van der Waals surface area contributed by atoms with Crippen LogP contribution in [0.5, 0.6) is 0 Å². The van der Waals surface area contributed by atoms with Crippen LogP contribution in [0.3, 0.4) is 0 Å². The second kappa shape index (κ2) is 4.18. The molecule has 88 valence electrons. The molecule has 0 aliphatic heterocycles. The number of fused-ring (bicyclic) bond motifs is 1. The number of hydrogen-bond donors (Lipinski definition) is 0. The molecule has 4 nitrogen and oxygen atoms in total. The Morgan fingerprint density at radius 1 is 1.29 bits per heavy atom. The molecular formula is C12H12N2O2S. The fourth-order valence-electron chi connectivity index (χ4n) is 1.54. The molecule has 17 heavy (non-hydrogen) atoms. The normalized spacial score (nSPS) is 11.4. The molecule has 2 rings (SSSR count). The van der Waals surface area contributed by atoms with Gasteiger partial charge in [-0.15, -0.1) is 0 Å². The molecule has 0 fully saturated rings. The second-order valence-corrected chi connectivity index (χ2v) is 5.50. The van der Waals surface area contributed by atoms with Gasteiger partial charge in [0.05, 0.1) is 5.52 Å². The summed E-state index contributed by atoms with van der Waals surface area (Å²) in [6.07, 6.45) is 2.84. The zero-order valence-corrected chi connectivity index (χ0v) is 10.2. The Morgan fingerprint density at radius 3 is 2.71 bits per heavy atom. The summed E-state index contributed by atoms with van der Waals surface area (Å²) >= 11 is 0. The summed E-state index contributed by atoms with van der Waals surface area (Å²) in [5.41, 5.74) is 0.476. The lowest BCUT2D eigenvalue weighted by atomic mass is 10.2. The first-order valence-electron chi connectivity index (χ1n) is 5.01. The quantitative estimate of drug-likeness (QED) is 0.834. The van der Waals surface area contributed by atoms with Gasteiger partial charge in [-0.2, -0.15) is 0 Å². The molecule has 1 heterocycles. The van der Waals surface area contributed by atoms with Gasteiger partial charge in [0.25, 0.3) is 10.0 Å². The summed E-state index contributed by atoms with van der Waals surface area (Å²) in [5, 5.41) is 0.797. The van der Waals surface area contributed by atoms with Crippen molar-refractivity contribution in [1.29, 1.82) is 0 Å². The fraction of sp³-hybridized carbons (Fsp3) is 0.0833. The van der Waals surface area contributed by atoms with E-state index in [2.05, 4.69) is 11.6 Å². The average Bonchev–Trinajstić information content (AvgIpc) is 2.37. The molecule has 0 unspecified atom stereocenters. The van der Waals surface area contributed by atoms with E-state index in [0.717, 1.165) is 9.69 Å². The zero-order chi connectivity index (χ0) is 12.5. The Kier molecular flexibility index (Phi) is 2.85. The Labute approximate surface area is 100 Å². The zero-order valence-electron chi connectivity index (χ0n) is 9.37. The van der Waals surface area contributed by atoms with Gasteiger partial charge in [-0.25, -0.2) is 8.42 Å². The van der Waals surface area contributed by atoms with Crippen molar-refractivity contribution in [3.8, 4) is 0 Å². The van der Waals surface area contributed by atoms with Crippen molar-refractivity contribution in [2.45, 2.75) is 4.90 Å². The molecule has 0 saturated heterocycles. The predicted octanol–water partition coefficient (Wildman–Crippen LogP) is 2.00. The SMILES string of the molecule is C=CN(C)S(=O)(=O)c1cccc2cccnc12. The lowest BCUT2D eigenvalue weighted by Gasteiger charge is -2.15. The van der Waals surface area contributed by atoms with Gasteiger partial charge in [0.1, 0.15) is 4.90 Å². The molecule has 0 atom stereocenters. The van der Waals surface area contributed by atoms with Crippen molar-refractivity contribution in [2.24, 2.45) is 0 Å². The highest BCUT2D eigenvalue weighted by Crippen LogP contribution is 2.23. The third-order valence-electron chi connectivity index (χ3n) is 2.51. The van der Waals surface area contributed by atoms with Crippen LogP contribution < -0.4 is 0 Å². The maximum absolute atomic E-state index is 12.2. The number of rotatable bonds is 3. The van der Waals surface area contributed by atoms with Crippen molar-refractivity contribution < 1.29 is 8.42 Å². The summed E-state index contributed by atoms with van der Waals surface area (Å²) in [6.45, 7) is 3.46. The van der Waals surface area contributed by atoms with Gasteiger partial charge in [0, 0.05) is 24.8 Å². The van der Waals surface area contributed by atoms with Crippen LogP contribution in [-0.2, 0) is 10.0 Å². The summed E-state index contributed by atoms with van der Waals surface area (Å²) in [6, 6.07) is 8.68. The smallest absolute Gasteiger partial charge is 0.265 e. The lowest BCUT2D eigenvalue weighted by molar-refractivity contribution is 0.540. The molecule has 0 N–H and O–H groups in total. The molecule has 0 spiro atoms. The largest absolute Gasteiger partial charge is 0.277 e. The number of hydrogen-bond acceptors (Lipinski definition) is 3. The number of sulfonamides is 1. The van der Waals surface area contributed by atoms with E-state index in [1.807, 2.05) is 12.1 Å². The van der Waals surface area contributed by atoms with E-state index in [4.69, 9.17) is 0 Å². The van der Waals surface area contributed by atoms with E-state index in [9.17, 15) is 8.42 Å². The molecule has 0 amide bonds. The van der Waals surface area contributed by atoms with Crippen LogP contribution >= 0.6 is 0 Å². The van der Waals surface area contributed by atoms with Crippen molar-refractivity contribution in [2.75, 3.05) is 7.05 Å². The summed E-state index contributed by atoms with van der Waals surface area (Å²) < 4.78 is 25.5. The minimum atomic E-state index is -3.56. The van der Waals surface area contributed by atoms with Gasteiger partial charge in [0.15, 0.2) is 0 Å². The van der Waals surface area contributed by atoms with E-state index in [1.54, 1.807) is 24.4 Å². The van der Waals surface area contributed by atoms with Gasteiger partial charge in [-0.3, -0.25) is 9.29 Å². The van der Waals surface area contributed by atoms with Crippen molar-refractivity contribution in [3.63, 3.8) is 0 Å². The molecule has 5 heteroatoms. The fourth-order valence-corrected chi connectivity index (χ4v) is 2.71. The molecule has 0 saturated carbocycles. The van der Waals surface area contributed by atoms with Crippen molar-refractivity contribution >= 4 is 20.9 Å². The Balaban J connectivity index is 2.76. The van der Waals surface area contributed by atoms with Crippen LogP contribution in [0.2, 0.25) is 0 Å². The molecule has 0 aliphatic rings. The first kappa shape index (κ1) is 11.6. The van der Waals surface area contributed by atoms with E-state index >= 15 is 0 Å². The number of nitrogens with zero attached hydrogens (tertiary/aromatic N) is 2. The highest BCUT2D eigenvalue weighted by atomic mass is 32.2. The Bertz CT molecular complexity index is 660. The first-order chi connectivity index (χ1) is 8.07. The van der Waals surface area contributed by atoms with Crippen LogP contribution in [0.15, 0.2) is 54.2 Å². The number of aromatic nitrogens is 1. The maximum Gasteiger partial charge on any atom is 0.265 e. The summed E-state index contributed by atoms with van der Waals surface area (Å²) in [7, 11) is -2.11. The molecule has 0 bridgehead atoms. The maximum atomic E-state index is 12.2. The van der Waals surface area contributed by atoms with Gasteiger partial charge < -0.3 is 0 Å². The van der Waals surface area contributed by atoms with E-state index in [-0.39, 0.29) is 4.90 Å². The van der Waals surface area contributed by atoms with Gasteiger partial charge >= 0.3 is 0 Å². The highest BCUT2D eigenvalue weighted by molar-refractivity contribution is 7.89. The third-order valence-corrected chi connectivity index (χ3v) is 4.30. The minimum absolute atomic E-state index is 0.193. The van der Waals surface area contributed by atoms with Crippen LogP contribution in [0, 0.1) is 0 Å². The standard InChI is InChI=1S/C12H12N2O2S/c1-3-14(2)17(15,16)11-8-4-6-10-7-5-9-13-12(10)11/h3-9H,1H2,2H3. The van der Waals surface area contributed by atoms with Gasteiger partial charge in [-0.05, 0) is 12.1 Å².